The van der Waals surface area contributed by atoms with Crippen molar-refractivity contribution in [3.05, 3.63) is 30.2 Å². The summed E-state index contributed by atoms with van der Waals surface area (Å²) >= 11 is 0. The molecule has 2 aromatic heterocycles. The number of rotatable bonds is 7. The van der Waals surface area contributed by atoms with Gasteiger partial charge in [0.15, 0.2) is 17.4 Å². The maximum absolute atomic E-state index is 5.37. The second kappa shape index (κ2) is 11.3. The SMILES string of the molecule is CN=C(NCCCCN1CCOCC1)NCc1nnc2ccccn12.I. The normalized spacial score (nSPS) is 15.7. The Morgan fingerprint density at radius 1 is 1.19 bits per heavy atom. The summed E-state index contributed by atoms with van der Waals surface area (Å²) in [6.07, 6.45) is 4.26. The molecular formula is C17H28IN7O. The third kappa shape index (κ3) is 6.06. The molecule has 1 saturated heterocycles. The highest BCUT2D eigenvalue weighted by Crippen LogP contribution is 2.02. The van der Waals surface area contributed by atoms with Crippen LogP contribution in [0.2, 0.25) is 0 Å². The van der Waals surface area contributed by atoms with Gasteiger partial charge in [0, 0.05) is 32.9 Å². The Bertz CT molecular complexity index is 685. The monoisotopic (exact) mass is 473 g/mol. The van der Waals surface area contributed by atoms with Gasteiger partial charge in [-0.1, -0.05) is 6.07 Å². The minimum absolute atomic E-state index is 0. The summed E-state index contributed by atoms with van der Waals surface area (Å²) in [6.45, 7) is 6.48. The van der Waals surface area contributed by atoms with Crippen molar-refractivity contribution in [2.45, 2.75) is 19.4 Å². The summed E-state index contributed by atoms with van der Waals surface area (Å²) in [5.41, 5.74) is 0.852. The topological polar surface area (TPSA) is 79.1 Å². The van der Waals surface area contributed by atoms with Crippen molar-refractivity contribution in [2.75, 3.05) is 46.4 Å². The summed E-state index contributed by atoms with van der Waals surface area (Å²) in [5.74, 6) is 1.66. The van der Waals surface area contributed by atoms with Gasteiger partial charge in [0.2, 0.25) is 0 Å². The molecule has 2 aromatic rings. The van der Waals surface area contributed by atoms with E-state index >= 15 is 0 Å². The van der Waals surface area contributed by atoms with Crippen molar-refractivity contribution in [1.82, 2.24) is 30.1 Å². The smallest absolute Gasteiger partial charge is 0.191 e. The highest BCUT2D eigenvalue weighted by atomic mass is 127. The van der Waals surface area contributed by atoms with Crippen LogP contribution in [0.25, 0.3) is 5.65 Å². The maximum Gasteiger partial charge on any atom is 0.191 e. The molecule has 0 bridgehead atoms. The van der Waals surface area contributed by atoms with E-state index in [1.165, 1.54) is 6.42 Å². The van der Waals surface area contributed by atoms with E-state index in [1.54, 1.807) is 7.05 Å². The van der Waals surface area contributed by atoms with E-state index in [4.69, 9.17) is 4.74 Å². The number of morpholine rings is 1. The summed E-state index contributed by atoms with van der Waals surface area (Å²) in [7, 11) is 1.78. The van der Waals surface area contributed by atoms with Crippen LogP contribution >= 0.6 is 24.0 Å². The van der Waals surface area contributed by atoms with Crippen LogP contribution in [0.15, 0.2) is 29.4 Å². The lowest BCUT2D eigenvalue weighted by molar-refractivity contribution is 0.0372. The maximum atomic E-state index is 5.37. The lowest BCUT2D eigenvalue weighted by Gasteiger charge is -2.26. The minimum atomic E-state index is 0. The molecular weight excluding hydrogens is 445 g/mol. The van der Waals surface area contributed by atoms with Crippen molar-refractivity contribution >= 4 is 35.6 Å². The average Bonchev–Trinajstić information content (AvgIpc) is 3.08. The Balaban J connectivity index is 0.00000243. The zero-order valence-electron chi connectivity index (χ0n) is 15.2. The van der Waals surface area contributed by atoms with Crippen molar-refractivity contribution < 1.29 is 4.74 Å². The van der Waals surface area contributed by atoms with Crippen molar-refractivity contribution in [2.24, 2.45) is 4.99 Å². The zero-order chi connectivity index (χ0) is 17.3. The van der Waals surface area contributed by atoms with Gasteiger partial charge in [-0.25, -0.2) is 0 Å². The van der Waals surface area contributed by atoms with Gasteiger partial charge in [-0.05, 0) is 31.5 Å². The highest BCUT2D eigenvalue weighted by molar-refractivity contribution is 14.0. The van der Waals surface area contributed by atoms with E-state index in [0.29, 0.717) is 6.54 Å². The number of fused-ring (bicyclic) bond motifs is 1. The summed E-state index contributed by atoms with van der Waals surface area (Å²) < 4.78 is 7.34. The van der Waals surface area contributed by atoms with Gasteiger partial charge in [0.1, 0.15) is 0 Å². The molecule has 3 rings (SSSR count). The predicted molar refractivity (Wildman–Crippen MR) is 113 cm³/mol. The Kier molecular flexibility index (Phi) is 9.06. The Hall–Kier alpha value is -1.46. The van der Waals surface area contributed by atoms with Crippen LogP contribution < -0.4 is 10.6 Å². The Morgan fingerprint density at radius 2 is 2.04 bits per heavy atom. The second-order valence-electron chi connectivity index (χ2n) is 6.06. The van der Waals surface area contributed by atoms with Crippen LogP contribution in [0.1, 0.15) is 18.7 Å². The third-order valence-electron chi connectivity index (χ3n) is 4.32. The molecule has 3 heterocycles. The van der Waals surface area contributed by atoms with Gasteiger partial charge < -0.3 is 15.4 Å². The zero-order valence-corrected chi connectivity index (χ0v) is 17.6. The molecule has 0 spiro atoms. The first-order valence-electron chi connectivity index (χ1n) is 8.90. The van der Waals surface area contributed by atoms with Gasteiger partial charge in [-0.3, -0.25) is 14.3 Å². The van der Waals surface area contributed by atoms with Crippen molar-refractivity contribution in [3.8, 4) is 0 Å². The van der Waals surface area contributed by atoms with Crippen molar-refractivity contribution in [3.63, 3.8) is 0 Å². The summed E-state index contributed by atoms with van der Waals surface area (Å²) in [6, 6.07) is 5.87. The second-order valence-corrected chi connectivity index (χ2v) is 6.06. The van der Waals surface area contributed by atoms with Crippen LogP contribution in [0.4, 0.5) is 0 Å². The first-order chi connectivity index (χ1) is 12.4. The molecule has 0 radical (unpaired) electrons. The number of hydrogen-bond donors (Lipinski definition) is 2. The molecule has 0 saturated carbocycles. The van der Waals surface area contributed by atoms with E-state index in [-0.39, 0.29) is 24.0 Å². The molecule has 26 heavy (non-hydrogen) atoms. The number of nitrogens with one attached hydrogen (secondary N) is 2. The number of ether oxygens (including phenoxy) is 1. The molecule has 8 nitrogen and oxygen atoms in total. The molecule has 0 unspecified atom stereocenters. The van der Waals surface area contributed by atoms with Crippen molar-refractivity contribution in [1.29, 1.82) is 0 Å². The molecule has 144 valence electrons. The lowest BCUT2D eigenvalue weighted by atomic mass is 10.3. The number of guanidine groups is 1. The standard InChI is InChI=1S/C17H27N7O.HI/c1-18-17(19-7-3-5-8-23-10-12-25-13-11-23)20-14-16-22-21-15-6-2-4-9-24(15)16;/h2,4,6,9H,3,5,7-8,10-14H2,1H3,(H2,18,19,20);1H. The lowest BCUT2D eigenvalue weighted by Crippen LogP contribution is -2.39. The van der Waals surface area contributed by atoms with Crippen LogP contribution in [0, 0.1) is 0 Å². The fourth-order valence-electron chi connectivity index (χ4n) is 2.89. The highest BCUT2D eigenvalue weighted by Gasteiger charge is 2.09. The summed E-state index contributed by atoms with van der Waals surface area (Å²) in [4.78, 5) is 6.73. The molecule has 1 fully saturated rings. The third-order valence-corrected chi connectivity index (χ3v) is 4.32. The van der Waals surface area contributed by atoms with Gasteiger partial charge in [-0.15, -0.1) is 34.2 Å². The molecule has 0 aromatic carbocycles. The first-order valence-corrected chi connectivity index (χ1v) is 8.90. The Morgan fingerprint density at radius 3 is 2.85 bits per heavy atom. The number of halogens is 1. The van der Waals surface area contributed by atoms with Crippen LogP contribution in [-0.2, 0) is 11.3 Å². The Labute approximate surface area is 171 Å². The molecule has 0 atom stereocenters. The summed E-state index contributed by atoms with van der Waals surface area (Å²) in [5, 5.41) is 15.0. The fraction of sp³-hybridized carbons (Fsp3) is 0.588. The molecule has 2 N–H and O–H groups in total. The van der Waals surface area contributed by atoms with Crippen LogP contribution in [0.3, 0.4) is 0 Å². The molecule has 9 heteroatoms. The molecule has 0 aliphatic carbocycles. The van der Waals surface area contributed by atoms with Crippen LogP contribution in [0.5, 0.6) is 0 Å². The number of nitrogens with zero attached hydrogens (tertiary/aromatic N) is 5. The number of hydrogen-bond acceptors (Lipinski definition) is 5. The number of unbranched alkanes of at least 4 members (excludes halogenated alkanes) is 1. The predicted octanol–water partition coefficient (Wildman–Crippen LogP) is 1.12. The molecule has 1 aliphatic heterocycles. The van der Waals surface area contributed by atoms with E-state index in [1.807, 2.05) is 28.8 Å². The van der Waals surface area contributed by atoms with E-state index in [2.05, 4.69) is 30.7 Å². The van der Waals surface area contributed by atoms with Gasteiger partial charge in [0.05, 0.1) is 19.8 Å². The number of aromatic nitrogens is 3. The quantitative estimate of drug-likeness (QED) is 0.272. The fourth-order valence-corrected chi connectivity index (χ4v) is 2.89. The van der Waals surface area contributed by atoms with E-state index in [0.717, 1.165) is 63.2 Å². The van der Waals surface area contributed by atoms with E-state index < -0.39 is 0 Å². The first kappa shape index (κ1) is 20.8. The average molecular weight is 473 g/mol. The number of aliphatic imine (C=N–C) groups is 1. The largest absolute Gasteiger partial charge is 0.379 e. The molecule has 0 amide bonds. The van der Waals surface area contributed by atoms with Gasteiger partial charge in [0.25, 0.3) is 0 Å². The minimum Gasteiger partial charge on any atom is -0.379 e. The van der Waals surface area contributed by atoms with Gasteiger partial charge >= 0.3 is 0 Å². The van der Waals surface area contributed by atoms with Crippen LogP contribution in [-0.4, -0.2) is 71.9 Å². The molecule has 1 aliphatic rings. The number of pyridine rings is 1. The van der Waals surface area contributed by atoms with E-state index in [9.17, 15) is 0 Å². The van der Waals surface area contributed by atoms with Gasteiger partial charge in [-0.2, -0.15) is 0 Å².